The van der Waals surface area contributed by atoms with E-state index in [-0.39, 0.29) is 17.5 Å². The molecule has 3 rings (SSSR count). The minimum Gasteiger partial charge on any atom is -0.490 e. The first kappa shape index (κ1) is 17.9. The van der Waals surface area contributed by atoms with Crippen molar-refractivity contribution in [1.29, 1.82) is 0 Å². The first-order valence-electron chi connectivity index (χ1n) is 8.35. The van der Waals surface area contributed by atoms with Gasteiger partial charge < -0.3 is 14.2 Å². The maximum absolute atomic E-state index is 12.5. The zero-order valence-electron chi connectivity index (χ0n) is 14.3. The van der Waals surface area contributed by atoms with Gasteiger partial charge in [0.05, 0.1) is 11.0 Å². The number of rotatable bonds is 6. The number of nitro benzene ring substituents is 1. The van der Waals surface area contributed by atoms with Crippen LogP contribution in [0.25, 0.3) is 0 Å². The van der Waals surface area contributed by atoms with E-state index in [1.54, 1.807) is 31.2 Å². The highest BCUT2D eigenvalue weighted by Gasteiger charge is 2.20. The van der Waals surface area contributed by atoms with Gasteiger partial charge in [0.15, 0.2) is 0 Å². The molecule has 1 unspecified atom stereocenters. The van der Waals surface area contributed by atoms with E-state index >= 15 is 0 Å². The Balaban J connectivity index is 1.71. The number of para-hydroxylation sites is 1. The fourth-order valence-corrected chi connectivity index (χ4v) is 2.78. The van der Waals surface area contributed by atoms with Gasteiger partial charge in [0, 0.05) is 18.2 Å². The SMILES string of the molecule is Cc1cc(OC(=O)c2ccccc2OCC2CCCO2)ccc1[N+](=O)[O-]. The molecule has 1 heterocycles. The molecular weight excluding hydrogens is 338 g/mol. The highest BCUT2D eigenvalue weighted by molar-refractivity contribution is 5.94. The zero-order valence-corrected chi connectivity index (χ0v) is 14.3. The lowest BCUT2D eigenvalue weighted by atomic mass is 10.2. The lowest BCUT2D eigenvalue weighted by Crippen LogP contribution is -2.18. The van der Waals surface area contributed by atoms with Crippen molar-refractivity contribution in [1.82, 2.24) is 0 Å². The molecule has 1 aliphatic rings. The Labute approximate surface area is 150 Å². The van der Waals surface area contributed by atoms with Crippen LogP contribution in [0.4, 0.5) is 5.69 Å². The first-order chi connectivity index (χ1) is 12.5. The van der Waals surface area contributed by atoms with Crippen LogP contribution in [0.3, 0.4) is 0 Å². The third kappa shape index (κ3) is 4.18. The minimum atomic E-state index is -0.582. The summed E-state index contributed by atoms with van der Waals surface area (Å²) in [6, 6.07) is 11.0. The first-order valence-corrected chi connectivity index (χ1v) is 8.35. The predicted octanol–water partition coefficient (Wildman–Crippen LogP) is 3.68. The Bertz CT molecular complexity index is 813. The summed E-state index contributed by atoms with van der Waals surface area (Å²) in [6.45, 7) is 2.70. The largest absolute Gasteiger partial charge is 0.490 e. The maximum Gasteiger partial charge on any atom is 0.347 e. The van der Waals surface area contributed by atoms with Crippen LogP contribution in [0.5, 0.6) is 11.5 Å². The number of esters is 1. The summed E-state index contributed by atoms with van der Waals surface area (Å²) in [5.41, 5.74) is 0.690. The van der Waals surface area contributed by atoms with Crippen LogP contribution in [0.1, 0.15) is 28.8 Å². The molecule has 1 fully saturated rings. The summed E-state index contributed by atoms with van der Waals surface area (Å²) in [5, 5.41) is 10.9. The summed E-state index contributed by atoms with van der Waals surface area (Å²) >= 11 is 0. The second kappa shape index (κ2) is 7.97. The average molecular weight is 357 g/mol. The molecule has 1 saturated heterocycles. The molecule has 0 aliphatic carbocycles. The fourth-order valence-electron chi connectivity index (χ4n) is 2.78. The van der Waals surface area contributed by atoms with E-state index < -0.39 is 10.9 Å². The highest BCUT2D eigenvalue weighted by Crippen LogP contribution is 2.26. The summed E-state index contributed by atoms with van der Waals surface area (Å²) < 4.78 is 16.6. The van der Waals surface area contributed by atoms with Crippen molar-refractivity contribution in [2.24, 2.45) is 0 Å². The lowest BCUT2D eigenvalue weighted by molar-refractivity contribution is -0.385. The Hall–Kier alpha value is -2.93. The number of nitrogens with zero attached hydrogens (tertiary/aromatic N) is 1. The van der Waals surface area contributed by atoms with E-state index in [4.69, 9.17) is 14.2 Å². The molecule has 7 heteroatoms. The Kier molecular flexibility index (Phi) is 5.48. The third-order valence-electron chi connectivity index (χ3n) is 4.13. The Morgan fingerprint density at radius 2 is 2.12 bits per heavy atom. The smallest absolute Gasteiger partial charge is 0.347 e. The molecule has 0 N–H and O–H groups in total. The standard InChI is InChI=1S/C19H19NO6/c1-13-11-14(8-9-17(13)20(22)23)26-19(21)16-6-2-3-7-18(16)25-12-15-5-4-10-24-15/h2-3,6-9,11,15H,4-5,10,12H2,1H3. The number of carbonyl (C=O) groups is 1. The summed E-state index contributed by atoms with van der Waals surface area (Å²) in [4.78, 5) is 22.9. The Morgan fingerprint density at radius 1 is 1.31 bits per heavy atom. The topological polar surface area (TPSA) is 87.9 Å². The van der Waals surface area contributed by atoms with Crippen LogP contribution >= 0.6 is 0 Å². The van der Waals surface area contributed by atoms with Crippen LogP contribution in [0, 0.1) is 17.0 Å². The normalized spacial score (nSPS) is 16.3. The monoisotopic (exact) mass is 357 g/mol. The van der Waals surface area contributed by atoms with Crippen molar-refractivity contribution in [3.05, 3.63) is 63.7 Å². The number of nitro groups is 1. The van der Waals surface area contributed by atoms with E-state index in [0.717, 1.165) is 19.4 Å². The molecule has 0 saturated carbocycles. The van der Waals surface area contributed by atoms with E-state index in [2.05, 4.69) is 0 Å². The molecule has 1 atom stereocenters. The van der Waals surface area contributed by atoms with Crippen molar-refractivity contribution in [3.63, 3.8) is 0 Å². The van der Waals surface area contributed by atoms with Gasteiger partial charge in [-0.05, 0) is 44.0 Å². The van der Waals surface area contributed by atoms with Gasteiger partial charge in [-0.15, -0.1) is 0 Å². The summed E-state index contributed by atoms with van der Waals surface area (Å²) in [7, 11) is 0. The van der Waals surface area contributed by atoms with Crippen LogP contribution in [-0.4, -0.2) is 30.2 Å². The van der Waals surface area contributed by atoms with Crippen molar-refractivity contribution in [2.45, 2.75) is 25.9 Å². The van der Waals surface area contributed by atoms with Gasteiger partial charge in [-0.2, -0.15) is 0 Å². The second-order valence-electron chi connectivity index (χ2n) is 6.04. The van der Waals surface area contributed by atoms with Crippen LogP contribution in [0.2, 0.25) is 0 Å². The van der Waals surface area contributed by atoms with Gasteiger partial charge in [0.25, 0.3) is 5.69 Å². The van der Waals surface area contributed by atoms with Gasteiger partial charge in [-0.1, -0.05) is 12.1 Å². The lowest BCUT2D eigenvalue weighted by Gasteiger charge is -2.14. The molecule has 2 aromatic carbocycles. The molecule has 26 heavy (non-hydrogen) atoms. The van der Waals surface area contributed by atoms with Crippen molar-refractivity contribution in [2.75, 3.05) is 13.2 Å². The number of aryl methyl sites for hydroxylation is 1. The molecule has 2 aromatic rings. The molecule has 7 nitrogen and oxygen atoms in total. The van der Waals surface area contributed by atoms with Crippen molar-refractivity contribution in [3.8, 4) is 11.5 Å². The Morgan fingerprint density at radius 3 is 2.81 bits per heavy atom. The number of ether oxygens (including phenoxy) is 3. The number of hydrogen-bond acceptors (Lipinski definition) is 6. The highest BCUT2D eigenvalue weighted by atomic mass is 16.6. The van der Waals surface area contributed by atoms with Crippen LogP contribution in [0.15, 0.2) is 42.5 Å². The van der Waals surface area contributed by atoms with Crippen LogP contribution < -0.4 is 9.47 Å². The molecule has 0 radical (unpaired) electrons. The van der Waals surface area contributed by atoms with E-state index in [0.29, 0.717) is 23.5 Å². The number of carbonyl (C=O) groups excluding carboxylic acids is 1. The molecular formula is C19H19NO6. The van der Waals surface area contributed by atoms with Gasteiger partial charge in [0.2, 0.25) is 0 Å². The predicted molar refractivity (Wildman–Crippen MR) is 93.7 cm³/mol. The second-order valence-corrected chi connectivity index (χ2v) is 6.04. The van der Waals surface area contributed by atoms with Gasteiger partial charge in [-0.25, -0.2) is 4.79 Å². The molecule has 0 bridgehead atoms. The molecule has 0 aromatic heterocycles. The molecule has 136 valence electrons. The van der Waals surface area contributed by atoms with E-state index in [1.165, 1.54) is 18.2 Å². The quantitative estimate of drug-likeness (QED) is 0.339. The van der Waals surface area contributed by atoms with Crippen molar-refractivity contribution >= 4 is 11.7 Å². The van der Waals surface area contributed by atoms with Gasteiger partial charge in [-0.3, -0.25) is 10.1 Å². The zero-order chi connectivity index (χ0) is 18.5. The molecule has 0 spiro atoms. The molecule has 1 aliphatic heterocycles. The van der Waals surface area contributed by atoms with Gasteiger partial charge >= 0.3 is 5.97 Å². The van der Waals surface area contributed by atoms with E-state index in [9.17, 15) is 14.9 Å². The van der Waals surface area contributed by atoms with E-state index in [1.807, 2.05) is 0 Å². The third-order valence-corrected chi connectivity index (χ3v) is 4.13. The fraction of sp³-hybridized carbons (Fsp3) is 0.316. The summed E-state index contributed by atoms with van der Waals surface area (Å²) in [5.74, 6) is 0.0832. The number of hydrogen-bond donors (Lipinski definition) is 0. The van der Waals surface area contributed by atoms with Gasteiger partial charge in [0.1, 0.15) is 23.7 Å². The minimum absolute atomic E-state index is 0.0231. The van der Waals surface area contributed by atoms with Crippen molar-refractivity contribution < 1.29 is 23.9 Å². The number of benzene rings is 2. The summed E-state index contributed by atoms with van der Waals surface area (Å²) in [6.07, 6.45) is 1.99. The molecule has 0 amide bonds. The average Bonchev–Trinajstić information content (AvgIpc) is 3.13. The van der Waals surface area contributed by atoms with Crippen LogP contribution in [-0.2, 0) is 4.74 Å². The maximum atomic E-state index is 12.5.